The first kappa shape index (κ1) is 18.0. The number of rotatable bonds is 3. The highest BCUT2D eigenvalue weighted by Gasteiger charge is 2.36. The zero-order valence-electron chi connectivity index (χ0n) is 13.7. The summed E-state index contributed by atoms with van der Waals surface area (Å²) in [5.74, 6) is -0.601. The predicted octanol–water partition coefficient (Wildman–Crippen LogP) is 4.31. The number of carbonyl (C=O) groups is 1. The molecular formula is C17H9ClF3N5O2. The van der Waals surface area contributed by atoms with Crippen molar-refractivity contribution in [2.75, 3.05) is 5.32 Å². The zero-order valence-corrected chi connectivity index (χ0v) is 14.5. The standard InChI is InChI=1S/C17H9ClF3N5O2/c18-15-9(3-1-5-22-15)24-16(27)11-8-14-23-10(12-4-2-6-28-12)7-13(17(19,20)21)26(14)25-11/h1-8H,(H,24,27). The van der Waals surface area contributed by atoms with Crippen LogP contribution in [0.4, 0.5) is 18.9 Å². The Balaban J connectivity index is 1.79. The fraction of sp³-hybridized carbons (Fsp3) is 0.0588. The van der Waals surface area contributed by atoms with Gasteiger partial charge in [0.2, 0.25) is 0 Å². The molecule has 0 atom stereocenters. The maximum Gasteiger partial charge on any atom is 0.433 e. The quantitative estimate of drug-likeness (QED) is 0.511. The number of halogens is 4. The molecule has 0 saturated carbocycles. The van der Waals surface area contributed by atoms with E-state index in [1.165, 1.54) is 30.7 Å². The molecule has 4 aromatic heterocycles. The number of pyridine rings is 1. The van der Waals surface area contributed by atoms with Gasteiger partial charge >= 0.3 is 6.18 Å². The van der Waals surface area contributed by atoms with Crippen LogP contribution in [0.15, 0.2) is 53.3 Å². The van der Waals surface area contributed by atoms with Crippen LogP contribution in [0.25, 0.3) is 17.1 Å². The molecule has 0 unspecified atom stereocenters. The summed E-state index contributed by atoms with van der Waals surface area (Å²) < 4.78 is 46.2. The third-order valence-electron chi connectivity index (χ3n) is 3.73. The van der Waals surface area contributed by atoms with E-state index in [2.05, 4.69) is 20.4 Å². The number of alkyl halides is 3. The molecule has 4 heterocycles. The lowest BCUT2D eigenvalue weighted by Gasteiger charge is -2.09. The van der Waals surface area contributed by atoms with Crippen molar-refractivity contribution in [3.05, 3.63) is 65.4 Å². The number of nitrogens with zero attached hydrogens (tertiary/aromatic N) is 4. The fourth-order valence-corrected chi connectivity index (χ4v) is 2.67. The second kappa shape index (κ2) is 6.64. The third-order valence-corrected chi connectivity index (χ3v) is 4.03. The van der Waals surface area contributed by atoms with Crippen molar-refractivity contribution in [1.29, 1.82) is 0 Å². The smallest absolute Gasteiger partial charge is 0.433 e. The Morgan fingerprint density at radius 3 is 2.71 bits per heavy atom. The lowest BCUT2D eigenvalue weighted by atomic mass is 10.2. The van der Waals surface area contributed by atoms with Crippen LogP contribution in [-0.2, 0) is 6.18 Å². The predicted molar refractivity (Wildman–Crippen MR) is 92.9 cm³/mol. The monoisotopic (exact) mass is 407 g/mol. The molecule has 7 nitrogen and oxygen atoms in total. The number of amides is 1. The molecule has 0 fully saturated rings. The Labute approximate surface area is 159 Å². The highest BCUT2D eigenvalue weighted by molar-refractivity contribution is 6.32. The average molecular weight is 408 g/mol. The Bertz CT molecular complexity index is 1170. The van der Waals surface area contributed by atoms with Crippen LogP contribution in [0.2, 0.25) is 5.15 Å². The normalized spacial score (nSPS) is 11.7. The summed E-state index contributed by atoms with van der Waals surface area (Å²) in [6.07, 6.45) is -1.98. The average Bonchev–Trinajstić information content (AvgIpc) is 3.31. The van der Waals surface area contributed by atoms with Crippen LogP contribution in [0.5, 0.6) is 0 Å². The van der Waals surface area contributed by atoms with Gasteiger partial charge in [0.05, 0.1) is 12.0 Å². The molecule has 1 N–H and O–H groups in total. The van der Waals surface area contributed by atoms with Crippen molar-refractivity contribution < 1.29 is 22.4 Å². The summed E-state index contributed by atoms with van der Waals surface area (Å²) in [7, 11) is 0. The molecule has 0 aliphatic rings. The molecule has 0 bridgehead atoms. The second-order valence-corrected chi connectivity index (χ2v) is 5.96. The van der Waals surface area contributed by atoms with Crippen LogP contribution < -0.4 is 5.32 Å². The van der Waals surface area contributed by atoms with Crippen molar-refractivity contribution in [3.63, 3.8) is 0 Å². The molecule has 0 aliphatic heterocycles. The van der Waals surface area contributed by atoms with E-state index in [1.807, 2.05) is 0 Å². The van der Waals surface area contributed by atoms with Crippen molar-refractivity contribution in [2.24, 2.45) is 0 Å². The summed E-state index contributed by atoms with van der Waals surface area (Å²) in [5, 5.41) is 6.24. The number of carbonyl (C=O) groups excluding carboxylic acids is 1. The minimum absolute atomic E-state index is 0.0352. The van der Waals surface area contributed by atoms with Crippen molar-refractivity contribution in [2.45, 2.75) is 6.18 Å². The van der Waals surface area contributed by atoms with Gasteiger partial charge in [0.25, 0.3) is 5.91 Å². The van der Waals surface area contributed by atoms with Crippen LogP contribution >= 0.6 is 11.6 Å². The Hall–Kier alpha value is -3.40. The highest BCUT2D eigenvalue weighted by atomic mass is 35.5. The summed E-state index contributed by atoms with van der Waals surface area (Å²) in [5.41, 5.74) is -1.36. The number of fused-ring (bicyclic) bond motifs is 1. The highest BCUT2D eigenvalue weighted by Crippen LogP contribution is 2.32. The van der Waals surface area contributed by atoms with Crippen LogP contribution in [0.1, 0.15) is 16.2 Å². The number of furan rings is 1. The third kappa shape index (κ3) is 3.29. The fourth-order valence-electron chi connectivity index (χ4n) is 2.50. The van der Waals surface area contributed by atoms with E-state index in [1.54, 1.807) is 6.07 Å². The van der Waals surface area contributed by atoms with Gasteiger partial charge in [-0.2, -0.15) is 18.3 Å². The van der Waals surface area contributed by atoms with Gasteiger partial charge in [-0.3, -0.25) is 4.79 Å². The van der Waals surface area contributed by atoms with E-state index >= 15 is 0 Å². The van der Waals surface area contributed by atoms with Gasteiger partial charge in [0.15, 0.2) is 27.9 Å². The molecule has 11 heteroatoms. The summed E-state index contributed by atoms with van der Waals surface area (Å²) in [6.45, 7) is 0. The first-order valence-corrected chi connectivity index (χ1v) is 8.14. The minimum Gasteiger partial charge on any atom is -0.463 e. The van der Waals surface area contributed by atoms with Gasteiger partial charge in [-0.1, -0.05) is 11.6 Å². The molecule has 142 valence electrons. The Kier molecular flexibility index (Phi) is 4.27. The van der Waals surface area contributed by atoms with Crippen LogP contribution in [-0.4, -0.2) is 25.5 Å². The number of anilines is 1. The maximum absolute atomic E-state index is 13.5. The summed E-state index contributed by atoms with van der Waals surface area (Å²) in [6, 6.07) is 8.00. The molecule has 4 aromatic rings. The van der Waals surface area contributed by atoms with Gasteiger partial charge < -0.3 is 9.73 Å². The van der Waals surface area contributed by atoms with Crippen molar-refractivity contribution in [3.8, 4) is 11.5 Å². The Morgan fingerprint density at radius 1 is 1.21 bits per heavy atom. The lowest BCUT2D eigenvalue weighted by Crippen LogP contribution is -2.16. The zero-order chi connectivity index (χ0) is 19.9. The molecule has 1 amide bonds. The van der Waals surface area contributed by atoms with Crippen LogP contribution in [0.3, 0.4) is 0 Å². The van der Waals surface area contributed by atoms with E-state index in [4.69, 9.17) is 16.0 Å². The molecule has 0 radical (unpaired) electrons. The number of aromatic nitrogens is 4. The SMILES string of the molecule is O=C(Nc1cccnc1Cl)c1cc2nc(-c3ccco3)cc(C(F)(F)F)n2n1. The summed E-state index contributed by atoms with van der Waals surface area (Å²) >= 11 is 5.87. The van der Waals surface area contributed by atoms with Crippen LogP contribution in [0, 0.1) is 0 Å². The summed E-state index contributed by atoms with van der Waals surface area (Å²) in [4.78, 5) is 20.3. The molecule has 0 saturated heterocycles. The second-order valence-electron chi connectivity index (χ2n) is 5.60. The first-order valence-electron chi connectivity index (χ1n) is 7.77. The van der Waals surface area contributed by atoms with Gasteiger partial charge in [0.1, 0.15) is 5.69 Å². The van der Waals surface area contributed by atoms with Gasteiger partial charge in [0, 0.05) is 12.3 Å². The molecule has 0 aromatic carbocycles. The first-order chi connectivity index (χ1) is 13.3. The largest absolute Gasteiger partial charge is 0.463 e. The molecule has 0 aliphatic carbocycles. The van der Waals surface area contributed by atoms with Gasteiger partial charge in [-0.25, -0.2) is 14.5 Å². The molecule has 4 rings (SSSR count). The van der Waals surface area contributed by atoms with Gasteiger partial charge in [-0.05, 0) is 30.3 Å². The number of hydrogen-bond acceptors (Lipinski definition) is 5. The Morgan fingerprint density at radius 2 is 2.04 bits per heavy atom. The molecule has 28 heavy (non-hydrogen) atoms. The van der Waals surface area contributed by atoms with Gasteiger partial charge in [-0.15, -0.1) is 0 Å². The molecule has 0 spiro atoms. The van der Waals surface area contributed by atoms with Crippen molar-refractivity contribution >= 4 is 28.8 Å². The maximum atomic E-state index is 13.5. The molecular weight excluding hydrogens is 399 g/mol. The lowest BCUT2D eigenvalue weighted by molar-refractivity contribution is -0.142. The topological polar surface area (TPSA) is 85.3 Å². The van der Waals surface area contributed by atoms with E-state index in [0.717, 1.165) is 12.1 Å². The number of nitrogens with one attached hydrogen (secondary N) is 1. The number of hydrogen-bond donors (Lipinski definition) is 1. The van der Waals surface area contributed by atoms with E-state index in [0.29, 0.717) is 4.52 Å². The van der Waals surface area contributed by atoms with E-state index in [9.17, 15) is 18.0 Å². The van der Waals surface area contributed by atoms with E-state index in [-0.39, 0.29) is 33.6 Å². The minimum atomic E-state index is -4.73. The van der Waals surface area contributed by atoms with Crippen molar-refractivity contribution in [1.82, 2.24) is 19.6 Å². The van der Waals surface area contributed by atoms with E-state index < -0.39 is 17.8 Å².